The molecule has 1 aromatic carbocycles. The number of anilines is 2. The van der Waals surface area contributed by atoms with Crippen LogP contribution in [0.15, 0.2) is 39.9 Å². The molecule has 0 aliphatic heterocycles. The second-order valence-electron chi connectivity index (χ2n) is 3.88. The molecule has 20 heavy (non-hydrogen) atoms. The predicted molar refractivity (Wildman–Crippen MR) is 77.3 cm³/mol. The minimum absolute atomic E-state index is 0.110. The van der Waals surface area contributed by atoms with Crippen molar-refractivity contribution in [2.24, 2.45) is 0 Å². The van der Waals surface area contributed by atoms with Crippen LogP contribution in [-0.2, 0) is 14.8 Å². The summed E-state index contributed by atoms with van der Waals surface area (Å²) in [4.78, 5) is 11.4. The van der Waals surface area contributed by atoms with Gasteiger partial charge in [0.05, 0.1) is 12.7 Å². The molecule has 0 unspecified atom stereocenters. The van der Waals surface area contributed by atoms with Crippen LogP contribution in [0.5, 0.6) is 0 Å². The van der Waals surface area contributed by atoms with Gasteiger partial charge in [-0.05, 0) is 24.3 Å². The highest BCUT2D eigenvalue weighted by Crippen LogP contribution is 2.24. The summed E-state index contributed by atoms with van der Waals surface area (Å²) in [6.07, 6.45) is 0. The van der Waals surface area contributed by atoms with Gasteiger partial charge < -0.3 is 10.5 Å². The third-order valence-corrected chi connectivity index (χ3v) is 5.24. The number of benzene rings is 1. The van der Waals surface area contributed by atoms with Gasteiger partial charge in [0.1, 0.15) is 4.21 Å². The molecule has 0 radical (unpaired) electrons. The first-order chi connectivity index (χ1) is 9.42. The van der Waals surface area contributed by atoms with Gasteiger partial charge in [-0.1, -0.05) is 6.07 Å². The molecule has 2 rings (SSSR count). The van der Waals surface area contributed by atoms with Crippen molar-refractivity contribution in [3.8, 4) is 0 Å². The number of nitrogens with one attached hydrogen (secondary N) is 1. The van der Waals surface area contributed by atoms with E-state index in [1.807, 2.05) is 0 Å². The number of carbonyl (C=O) groups excluding carboxylic acids is 1. The highest BCUT2D eigenvalue weighted by molar-refractivity contribution is 7.94. The Morgan fingerprint density at radius 1 is 1.35 bits per heavy atom. The number of sulfonamides is 1. The monoisotopic (exact) mass is 312 g/mol. The maximum atomic E-state index is 12.1. The highest BCUT2D eigenvalue weighted by Gasteiger charge is 2.17. The molecule has 106 valence electrons. The fourth-order valence-corrected chi connectivity index (χ4v) is 3.63. The zero-order chi connectivity index (χ0) is 14.8. The first kappa shape index (κ1) is 14.4. The van der Waals surface area contributed by atoms with E-state index in [1.54, 1.807) is 17.5 Å². The Labute approximate surface area is 120 Å². The lowest BCUT2D eigenvalue weighted by Crippen LogP contribution is -2.12. The van der Waals surface area contributed by atoms with Crippen molar-refractivity contribution in [2.75, 3.05) is 17.6 Å². The Bertz CT molecular complexity index is 737. The van der Waals surface area contributed by atoms with Gasteiger partial charge in [0.25, 0.3) is 10.0 Å². The van der Waals surface area contributed by atoms with Gasteiger partial charge in [0.15, 0.2) is 0 Å². The van der Waals surface area contributed by atoms with Crippen molar-refractivity contribution in [2.45, 2.75) is 4.21 Å². The Hall–Kier alpha value is -2.06. The molecule has 0 atom stereocenters. The summed E-state index contributed by atoms with van der Waals surface area (Å²) in [5, 5.41) is 1.54. The van der Waals surface area contributed by atoms with Gasteiger partial charge in [0.2, 0.25) is 0 Å². The van der Waals surface area contributed by atoms with Crippen molar-refractivity contribution >= 4 is 38.7 Å². The van der Waals surface area contributed by atoms with Gasteiger partial charge in [0, 0.05) is 16.8 Å². The molecule has 8 heteroatoms. The number of rotatable bonds is 4. The lowest BCUT2D eigenvalue weighted by Gasteiger charge is -2.07. The lowest BCUT2D eigenvalue weighted by atomic mass is 10.2. The minimum atomic E-state index is -3.71. The SMILES string of the molecule is COC(=O)c1cccc(NS(=O)(=O)c2cc(N)cs2)c1. The van der Waals surface area contributed by atoms with Crippen molar-refractivity contribution in [3.63, 3.8) is 0 Å². The van der Waals surface area contributed by atoms with Crippen molar-refractivity contribution < 1.29 is 17.9 Å². The van der Waals surface area contributed by atoms with Gasteiger partial charge in [-0.15, -0.1) is 11.3 Å². The zero-order valence-electron chi connectivity index (χ0n) is 10.5. The number of hydrogen-bond acceptors (Lipinski definition) is 6. The van der Waals surface area contributed by atoms with E-state index in [0.29, 0.717) is 5.69 Å². The summed E-state index contributed by atoms with van der Waals surface area (Å²) in [6.45, 7) is 0. The van der Waals surface area contributed by atoms with E-state index in [4.69, 9.17) is 5.73 Å². The van der Waals surface area contributed by atoms with E-state index in [-0.39, 0.29) is 15.5 Å². The topological polar surface area (TPSA) is 98.5 Å². The summed E-state index contributed by atoms with van der Waals surface area (Å²) in [5.41, 5.74) is 6.44. The predicted octanol–water partition coefficient (Wildman–Crippen LogP) is 1.92. The number of hydrogen-bond donors (Lipinski definition) is 2. The summed E-state index contributed by atoms with van der Waals surface area (Å²) in [6, 6.07) is 7.41. The van der Waals surface area contributed by atoms with Crippen molar-refractivity contribution in [3.05, 3.63) is 41.3 Å². The third kappa shape index (κ3) is 3.09. The molecule has 0 amide bonds. The van der Waals surface area contributed by atoms with Crippen molar-refractivity contribution in [1.82, 2.24) is 0 Å². The highest BCUT2D eigenvalue weighted by atomic mass is 32.2. The number of esters is 1. The van der Waals surface area contributed by atoms with E-state index in [1.165, 1.54) is 25.3 Å². The Morgan fingerprint density at radius 2 is 2.10 bits per heavy atom. The smallest absolute Gasteiger partial charge is 0.337 e. The Balaban J connectivity index is 2.28. The number of ether oxygens (including phenoxy) is 1. The molecule has 0 saturated carbocycles. The molecular formula is C12H12N2O4S2. The second kappa shape index (κ2) is 5.51. The largest absolute Gasteiger partial charge is 0.465 e. The van der Waals surface area contributed by atoms with E-state index in [0.717, 1.165) is 11.3 Å². The molecule has 0 spiro atoms. The average molecular weight is 312 g/mol. The van der Waals surface area contributed by atoms with Crippen LogP contribution >= 0.6 is 11.3 Å². The summed E-state index contributed by atoms with van der Waals surface area (Å²) < 4.78 is 31.3. The fraction of sp³-hybridized carbons (Fsp3) is 0.0833. The van der Waals surface area contributed by atoms with E-state index >= 15 is 0 Å². The molecule has 2 aromatic rings. The zero-order valence-corrected chi connectivity index (χ0v) is 12.1. The Morgan fingerprint density at radius 3 is 2.70 bits per heavy atom. The van der Waals surface area contributed by atoms with Crippen LogP contribution in [0.3, 0.4) is 0 Å². The molecule has 0 aliphatic rings. The van der Waals surface area contributed by atoms with Crippen LogP contribution in [0, 0.1) is 0 Å². The number of nitrogens with two attached hydrogens (primary N) is 1. The number of methoxy groups -OCH3 is 1. The van der Waals surface area contributed by atoms with Crippen LogP contribution in [0.25, 0.3) is 0 Å². The van der Waals surface area contributed by atoms with Gasteiger partial charge in [-0.3, -0.25) is 4.72 Å². The molecule has 1 heterocycles. The fourth-order valence-electron chi connectivity index (χ4n) is 1.50. The van der Waals surface area contributed by atoms with E-state index in [9.17, 15) is 13.2 Å². The summed E-state index contributed by atoms with van der Waals surface area (Å²) in [5.74, 6) is -0.536. The third-order valence-electron chi connectivity index (χ3n) is 2.40. The van der Waals surface area contributed by atoms with Crippen LogP contribution in [0.2, 0.25) is 0 Å². The van der Waals surface area contributed by atoms with Crippen LogP contribution < -0.4 is 10.5 Å². The molecule has 3 N–H and O–H groups in total. The maximum Gasteiger partial charge on any atom is 0.337 e. The van der Waals surface area contributed by atoms with Crippen LogP contribution in [-0.4, -0.2) is 21.5 Å². The molecule has 0 fully saturated rings. The Kier molecular flexibility index (Phi) is 3.96. The summed E-state index contributed by atoms with van der Waals surface area (Å²) in [7, 11) is -2.45. The standard InChI is InChI=1S/C12H12N2O4S2/c1-18-12(15)8-3-2-4-10(5-8)14-20(16,17)11-6-9(13)7-19-11/h2-7,14H,13H2,1H3. The van der Waals surface area contributed by atoms with Gasteiger partial charge >= 0.3 is 5.97 Å². The first-order valence-corrected chi connectivity index (χ1v) is 7.84. The maximum absolute atomic E-state index is 12.1. The average Bonchev–Trinajstić information content (AvgIpc) is 2.85. The molecule has 1 aromatic heterocycles. The number of carbonyl (C=O) groups is 1. The minimum Gasteiger partial charge on any atom is -0.465 e. The molecule has 0 saturated heterocycles. The quantitative estimate of drug-likeness (QED) is 0.840. The lowest BCUT2D eigenvalue weighted by molar-refractivity contribution is 0.0601. The first-order valence-electron chi connectivity index (χ1n) is 5.47. The molecule has 6 nitrogen and oxygen atoms in total. The second-order valence-corrected chi connectivity index (χ2v) is 6.70. The van der Waals surface area contributed by atoms with Gasteiger partial charge in [-0.2, -0.15) is 0 Å². The van der Waals surface area contributed by atoms with Crippen LogP contribution in [0.4, 0.5) is 11.4 Å². The number of thiophene rings is 1. The molecular weight excluding hydrogens is 300 g/mol. The number of nitrogen functional groups attached to an aromatic ring is 1. The van der Waals surface area contributed by atoms with Gasteiger partial charge in [-0.25, -0.2) is 13.2 Å². The molecule has 0 aliphatic carbocycles. The van der Waals surface area contributed by atoms with Crippen molar-refractivity contribution in [1.29, 1.82) is 0 Å². The van der Waals surface area contributed by atoms with E-state index < -0.39 is 16.0 Å². The normalized spacial score (nSPS) is 11.1. The summed E-state index contributed by atoms with van der Waals surface area (Å²) >= 11 is 1.02. The van der Waals surface area contributed by atoms with E-state index in [2.05, 4.69) is 9.46 Å². The van der Waals surface area contributed by atoms with Crippen LogP contribution in [0.1, 0.15) is 10.4 Å². The molecule has 0 bridgehead atoms.